The smallest absolute Gasteiger partial charge is 0.228 e. The van der Waals surface area contributed by atoms with Gasteiger partial charge in [-0.05, 0) is 37.1 Å². The fraction of sp³-hybridized carbons (Fsp3) is 0.444. The minimum Gasteiger partial charge on any atom is -0.497 e. The van der Waals surface area contributed by atoms with Crippen molar-refractivity contribution in [3.8, 4) is 17.0 Å². The first kappa shape index (κ1) is 16.9. The van der Waals surface area contributed by atoms with Crippen LogP contribution in [0.5, 0.6) is 5.75 Å². The number of benzene rings is 1. The van der Waals surface area contributed by atoms with Crippen molar-refractivity contribution in [1.29, 1.82) is 0 Å². The number of carbonyl (C=O) groups is 1. The number of hydrogen-bond acceptors (Lipinski definition) is 5. The lowest BCUT2D eigenvalue weighted by atomic mass is 10.2. The molecule has 5 nitrogen and oxygen atoms in total. The van der Waals surface area contributed by atoms with E-state index in [2.05, 4.69) is 4.98 Å². The molecule has 2 aromatic rings. The lowest BCUT2D eigenvalue weighted by Crippen LogP contribution is -2.37. The van der Waals surface area contributed by atoms with Crippen LogP contribution in [-0.2, 0) is 9.53 Å². The molecule has 1 aliphatic rings. The first-order valence-corrected chi connectivity index (χ1v) is 9.11. The number of nitrogens with zero attached hydrogens (tertiary/aromatic N) is 2. The van der Waals surface area contributed by atoms with Gasteiger partial charge in [0, 0.05) is 24.0 Å². The number of ether oxygens (including phenoxy) is 2. The molecule has 0 radical (unpaired) electrons. The van der Waals surface area contributed by atoms with Gasteiger partial charge in [-0.25, -0.2) is 4.98 Å². The molecule has 3 rings (SSSR count). The van der Waals surface area contributed by atoms with Gasteiger partial charge in [0.1, 0.15) is 5.75 Å². The molecule has 1 atom stereocenters. The summed E-state index contributed by atoms with van der Waals surface area (Å²) in [5.74, 6) is 0.900. The average molecular weight is 346 g/mol. The van der Waals surface area contributed by atoms with Crippen molar-refractivity contribution in [1.82, 2.24) is 4.98 Å². The first-order valence-electron chi connectivity index (χ1n) is 8.23. The van der Waals surface area contributed by atoms with Gasteiger partial charge < -0.3 is 9.47 Å². The molecule has 0 spiro atoms. The van der Waals surface area contributed by atoms with E-state index in [9.17, 15) is 4.79 Å². The zero-order chi connectivity index (χ0) is 16.9. The van der Waals surface area contributed by atoms with Gasteiger partial charge in [-0.15, -0.1) is 11.3 Å². The number of amides is 1. The summed E-state index contributed by atoms with van der Waals surface area (Å²) in [6, 6.07) is 7.78. The standard InChI is InChI=1S/C18H22N2O3S/c1-3-17(21)20(11-15-5-4-10-23-15)18-19-16(12-24-18)13-6-8-14(22-2)9-7-13/h6-9,12,15H,3-5,10-11H2,1-2H3. The summed E-state index contributed by atoms with van der Waals surface area (Å²) in [7, 11) is 1.65. The van der Waals surface area contributed by atoms with E-state index in [1.54, 1.807) is 12.0 Å². The summed E-state index contributed by atoms with van der Waals surface area (Å²) in [6.07, 6.45) is 2.65. The fourth-order valence-electron chi connectivity index (χ4n) is 2.75. The summed E-state index contributed by atoms with van der Waals surface area (Å²) < 4.78 is 10.9. The van der Waals surface area contributed by atoms with Crippen molar-refractivity contribution in [2.24, 2.45) is 0 Å². The lowest BCUT2D eigenvalue weighted by molar-refractivity contribution is -0.118. The Kier molecular flexibility index (Phi) is 5.48. The van der Waals surface area contributed by atoms with Gasteiger partial charge in [-0.1, -0.05) is 6.92 Å². The van der Waals surface area contributed by atoms with E-state index in [0.29, 0.717) is 13.0 Å². The summed E-state index contributed by atoms with van der Waals surface area (Å²) in [6.45, 7) is 3.25. The van der Waals surface area contributed by atoms with E-state index in [4.69, 9.17) is 9.47 Å². The molecule has 2 heterocycles. The van der Waals surface area contributed by atoms with Crippen LogP contribution >= 0.6 is 11.3 Å². The maximum absolute atomic E-state index is 12.3. The number of anilines is 1. The Balaban J connectivity index is 1.80. The van der Waals surface area contributed by atoms with Crippen LogP contribution in [0.3, 0.4) is 0 Å². The zero-order valence-corrected chi connectivity index (χ0v) is 14.8. The second-order valence-corrected chi connectivity index (χ2v) is 6.57. The van der Waals surface area contributed by atoms with Crippen LogP contribution in [0.25, 0.3) is 11.3 Å². The predicted molar refractivity (Wildman–Crippen MR) is 95.7 cm³/mol. The number of carbonyl (C=O) groups excluding carboxylic acids is 1. The van der Waals surface area contributed by atoms with E-state index >= 15 is 0 Å². The molecule has 0 aliphatic carbocycles. The monoisotopic (exact) mass is 346 g/mol. The van der Waals surface area contributed by atoms with Crippen molar-refractivity contribution < 1.29 is 14.3 Å². The van der Waals surface area contributed by atoms with Gasteiger partial charge in [-0.2, -0.15) is 0 Å². The third-order valence-electron chi connectivity index (χ3n) is 4.12. The van der Waals surface area contributed by atoms with Crippen LogP contribution in [0, 0.1) is 0 Å². The van der Waals surface area contributed by atoms with Crippen molar-refractivity contribution in [2.45, 2.75) is 32.3 Å². The second-order valence-electron chi connectivity index (χ2n) is 5.74. The Labute approximate surface area is 146 Å². The Morgan fingerprint density at radius 2 is 2.21 bits per heavy atom. The Hall–Kier alpha value is -1.92. The number of hydrogen-bond donors (Lipinski definition) is 0. The van der Waals surface area contributed by atoms with Gasteiger partial charge >= 0.3 is 0 Å². The molecule has 1 fully saturated rings. The number of methoxy groups -OCH3 is 1. The van der Waals surface area contributed by atoms with E-state index in [1.165, 1.54) is 11.3 Å². The minimum atomic E-state index is 0.0844. The average Bonchev–Trinajstić information content (AvgIpc) is 3.31. The highest BCUT2D eigenvalue weighted by Gasteiger charge is 2.25. The molecule has 6 heteroatoms. The molecule has 1 saturated heterocycles. The molecular formula is C18H22N2O3S. The molecular weight excluding hydrogens is 324 g/mol. The van der Waals surface area contributed by atoms with Gasteiger partial charge in [0.05, 0.1) is 25.5 Å². The maximum atomic E-state index is 12.3. The molecule has 1 aliphatic heterocycles. The zero-order valence-electron chi connectivity index (χ0n) is 14.0. The van der Waals surface area contributed by atoms with E-state index in [1.807, 2.05) is 36.6 Å². The van der Waals surface area contributed by atoms with Crippen LogP contribution in [0.4, 0.5) is 5.13 Å². The topological polar surface area (TPSA) is 51.7 Å². The third-order valence-corrected chi connectivity index (χ3v) is 4.99. The highest BCUT2D eigenvalue weighted by Crippen LogP contribution is 2.30. The van der Waals surface area contributed by atoms with Crippen LogP contribution in [0.15, 0.2) is 29.6 Å². The quantitative estimate of drug-likeness (QED) is 0.799. The van der Waals surface area contributed by atoms with Crippen molar-refractivity contribution in [3.63, 3.8) is 0 Å². The van der Waals surface area contributed by atoms with Crippen LogP contribution in [0.2, 0.25) is 0 Å². The van der Waals surface area contributed by atoms with E-state index in [0.717, 1.165) is 41.6 Å². The SMILES string of the molecule is CCC(=O)N(CC1CCCO1)c1nc(-c2ccc(OC)cc2)cs1. The van der Waals surface area contributed by atoms with Gasteiger partial charge in [0.15, 0.2) is 5.13 Å². The second kappa shape index (κ2) is 7.77. The molecule has 0 saturated carbocycles. The lowest BCUT2D eigenvalue weighted by Gasteiger charge is -2.22. The first-order chi connectivity index (χ1) is 11.7. The molecule has 128 valence electrons. The van der Waals surface area contributed by atoms with Gasteiger partial charge in [0.2, 0.25) is 5.91 Å². The van der Waals surface area contributed by atoms with Crippen molar-refractivity contribution in [3.05, 3.63) is 29.6 Å². The van der Waals surface area contributed by atoms with E-state index in [-0.39, 0.29) is 12.0 Å². The Bertz CT molecular complexity index is 678. The molecule has 1 amide bonds. The molecule has 1 aromatic carbocycles. The van der Waals surface area contributed by atoms with Crippen molar-refractivity contribution in [2.75, 3.05) is 25.2 Å². The van der Waals surface area contributed by atoms with Crippen LogP contribution < -0.4 is 9.64 Å². The normalized spacial score (nSPS) is 17.0. The highest BCUT2D eigenvalue weighted by molar-refractivity contribution is 7.14. The summed E-state index contributed by atoms with van der Waals surface area (Å²) in [5, 5.41) is 2.73. The minimum absolute atomic E-state index is 0.0844. The number of aromatic nitrogens is 1. The molecule has 1 aromatic heterocycles. The van der Waals surface area contributed by atoms with Crippen LogP contribution in [0.1, 0.15) is 26.2 Å². The van der Waals surface area contributed by atoms with Crippen molar-refractivity contribution >= 4 is 22.4 Å². The molecule has 24 heavy (non-hydrogen) atoms. The third kappa shape index (κ3) is 3.76. The summed E-state index contributed by atoms with van der Waals surface area (Å²) >= 11 is 1.50. The molecule has 1 unspecified atom stereocenters. The van der Waals surface area contributed by atoms with Crippen LogP contribution in [-0.4, -0.2) is 37.3 Å². The summed E-state index contributed by atoms with van der Waals surface area (Å²) in [4.78, 5) is 18.8. The maximum Gasteiger partial charge on any atom is 0.228 e. The Morgan fingerprint density at radius 1 is 1.42 bits per heavy atom. The predicted octanol–water partition coefficient (Wildman–Crippen LogP) is 3.74. The van der Waals surface area contributed by atoms with Gasteiger partial charge in [0.25, 0.3) is 0 Å². The molecule has 0 bridgehead atoms. The molecule has 0 N–H and O–H groups in total. The Morgan fingerprint density at radius 3 is 2.83 bits per heavy atom. The van der Waals surface area contributed by atoms with E-state index < -0.39 is 0 Å². The van der Waals surface area contributed by atoms with Gasteiger partial charge in [-0.3, -0.25) is 9.69 Å². The number of rotatable bonds is 6. The number of thiazole rings is 1. The highest BCUT2D eigenvalue weighted by atomic mass is 32.1. The summed E-state index contributed by atoms with van der Waals surface area (Å²) in [5.41, 5.74) is 1.89. The largest absolute Gasteiger partial charge is 0.497 e. The fourth-order valence-corrected chi connectivity index (χ4v) is 3.61.